The van der Waals surface area contributed by atoms with Gasteiger partial charge in [-0.3, -0.25) is 4.79 Å². The lowest BCUT2D eigenvalue weighted by Gasteiger charge is -2.24. The fourth-order valence-electron chi connectivity index (χ4n) is 3.00. The molecule has 0 bridgehead atoms. The van der Waals surface area contributed by atoms with Gasteiger partial charge in [-0.25, -0.2) is 0 Å². The molecule has 0 spiro atoms. The van der Waals surface area contributed by atoms with Crippen molar-refractivity contribution in [3.05, 3.63) is 95.6 Å². The normalized spacial score (nSPS) is 13.0. The van der Waals surface area contributed by atoms with E-state index >= 15 is 0 Å². The van der Waals surface area contributed by atoms with Crippen molar-refractivity contribution in [1.82, 2.24) is 5.32 Å². The molecule has 3 aromatic rings. The first kappa shape index (κ1) is 18.9. The fraction of sp³-hybridized carbons (Fsp3) is 0.208. The van der Waals surface area contributed by atoms with Crippen LogP contribution in [-0.4, -0.2) is 17.6 Å². The maximum absolute atomic E-state index is 12.3. The van der Waals surface area contributed by atoms with Crippen LogP contribution in [0.25, 0.3) is 11.1 Å². The maximum Gasteiger partial charge on any atom is 0.251 e. The van der Waals surface area contributed by atoms with Gasteiger partial charge < -0.3 is 10.4 Å². The zero-order valence-electron chi connectivity index (χ0n) is 15.8. The second-order valence-electron chi connectivity index (χ2n) is 6.95. The molecule has 0 saturated heterocycles. The molecule has 0 heterocycles. The Balaban J connectivity index is 1.66. The average molecular weight is 359 g/mol. The number of hydrogen-bond donors (Lipinski definition) is 2. The molecule has 0 saturated carbocycles. The number of nitrogens with one attached hydrogen (secondary N) is 1. The minimum absolute atomic E-state index is 0.145. The molecule has 0 aromatic heterocycles. The molecule has 1 atom stereocenters. The van der Waals surface area contributed by atoms with E-state index < -0.39 is 5.60 Å². The first-order valence-electron chi connectivity index (χ1n) is 9.25. The van der Waals surface area contributed by atoms with E-state index in [1.165, 1.54) is 5.56 Å². The van der Waals surface area contributed by atoms with E-state index in [0.29, 0.717) is 5.56 Å². The lowest BCUT2D eigenvalue weighted by molar-refractivity contribution is 0.0526. The number of rotatable bonds is 6. The Morgan fingerprint density at radius 3 is 2.07 bits per heavy atom. The largest absolute Gasteiger partial charge is 0.384 e. The summed E-state index contributed by atoms with van der Waals surface area (Å²) >= 11 is 0. The van der Waals surface area contributed by atoms with Gasteiger partial charge in [0.15, 0.2) is 0 Å². The molecule has 3 nitrogen and oxygen atoms in total. The molecule has 0 aliphatic rings. The molecule has 138 valence electrons. The molecule has 3 aromatic carbocycles. The van der Waals surface area contributed by atoms with Gasteiger partial charge in [0.25, 0.3) is 5.91 Å². The van der Waals surface area contributed by atoms with E-state index in [-0.39, 0.29) is 12.5 Å². The van der Waals surface area contributed by atoms with Crippen molar-refractivity contribution >= 4 is 5.91 Å². The molecule has 0 fully saturated rings. The standard InChI is InChI=1S/C24H25NO2/c1-3-18-9-11-21(12-10-18)23(26)25-17-24(2,27)22-15-13-20(14-16-22)19-7-5-4-6-8-19/h4-16,27H,3,17H2,1-2H3,(H,25,26). The third-order valence-electron chi connectivity index (χ3n) is 4.83. The Hall–Kier alpha value is -2.91. The van der Waals surface area contributed by atoms with Gasteiger partial charge in [-0.2, -0.15) is 0 Å². The number of carbonyl (C=O) groups excluding carboxylic acids is 1. The smallest absolute Gasteiger partial charge is 0.251 e. The molecule has 27 heavy (non-hydrogen) atoms. The van der Waals surface area contributed by atoms with Crippen LogP contribution in [0.2, 0.25) is 0 Å². The molecule has 1 amide bonds. The number of amides is 1. The Labute approximate surface area is 160 Å². The highest BCUT2D eigenvalue weighted by atomic mass is 16.3. The molecule has 0 aliphatic heterocycles. The van der Waals surface area contributed by atoms with Crippen LogP contribution in [0, 0.1) is 0 Å². The second-order valence-corrected chi connectivity index (χ2v) is 6.95. The highest BCUT2D eigenvalue weighted by Crippen LogP contribution is 2.25. The van der Waals surface area contributed by atoms with Crippen molar-refractivity contribution in [2.75, 3.05) is 6.54 Å². The van der Waals surface area contributed by atoms with E-state index in [9.17, 15) is 9.90 Å². The average Bonchev–Trinajstić information content (AvgIpc) is 2.73. The Morgan fingerprint density at radius 1 is 0.889 bits per heavy atom. The van der Waals surface area contributed by atoms with Gasteiger partial charge in [0.1, 0.15) is 5.60 Å². The van der Waals surface area contributed by atoms with Crippen LogP contribution in [0.3, 0.4) is 0 Å². The lowest BCUT2D eigenvalue weighted by Crippen LogP contribution is -2.38. The number of aryl methyl sites for hydroxylation is 1. The summed E-state index contributed by atoms with van der Waals surface area (Å²) in [6.07, 6.45) is 0.940. The lowest BCUT2D eigenvalue weighted by atomic mass is 9.93. The van der Waals surface area contributed by atoms with E-state index in [2.05, 4.69) is 24.4 Å². The van der Waals surface area contributed by atoms with Crippen molar-refractivity contribution < 1.29 is 9.90 Å². The summed E-state index contributed by atoms with van der Waals surface area (Å²) in [7, 11) is 0. The minimum Gasteiger partial charge on any atom is -0.384 e. The van der Waals surface area contributed by atoms with Gasteiger partial charge in [-0.1, -0.05) is 73.7 Å². The summed E-state index contributed by atoms with van der Waals surface area (Å²) in [5.74, 6) is -0.182. The topological polar surface area (TPSA) is 49.3 Å². The molecule has 1 unspecified atom stereocenters. The Morgan fingerprint density at radius 2 is 1.48 bits per heavy atom. The summed E-state index contributed by atoms with van der Waals surface area (Å²) < 4.78 is 0. The van der Waals surface area contributed by atoms with E-state index in [1.54, 1.807) is 6.92 Å². The molecule has 3 heteroatoms. The molecular formula is C24H25NO2. The van der Waals surface area contributed by atoms with Crippen LogP contribution < -0.4 is 5.32 Å². The third kappa shape index (κ3) is 4.63. The van der Waals surface area contributed by atoms with Gasteiger partial charge in [0.2, 0.25) is 0 Å². The number of hydrogen-bond acceptors (Lipinski definition) is 2. The second kappa shape index (κ2) is 8.19. The number of carbonyl (C=O) groups is 1. The molecule has 0 radical (unpaired) electrons. The van der Waals surface area contributed by atoms with Crippen molar-refractivity contribution in [2.24, 2.45) is 0 Å². The predicted octanol–water partition coefficient (Wildman–Crippen LogP) is 4.55. The number of benzene rings is 3. The number of aliphatic hydroxyl groups is 1. The first-order valence-corrected chi connectivity index (χ1v) is 9.25. The van der Waals surface area contributed by atoms with Gasteiger partial charge in [0.05, 0.1) is 6.54 Å². The van der Waals surface area contributed by atoms with Gasteiger partial charge in [-0.15, -0.1) is 0 Å². The van der Waals surface area contributed by atoms with E-state index in [1.807, 2.05) is 66.7 Å². The van der Waals surface area contributed by atoms with E-state index in [0.717, 1.165) is 23.1 Å². The van der Waals surface area contributed by atoms with Crippen LogP contribution in [0.15, 0.2) is 78.9 Å². The summed E-state index contributed by atoms with van der Waals surface area (Å²) in [6, 6.07) is 25.4. The monoisotopic (exact) mass is 359 g/mol. The summed E-state index contributed by atoms with van der Waals surface area (Å²) in [4.78, 5) is 12.3. The SMILES string of the molecule is CCc1ccc(C(=O)NCC(C)(O)c2ccc(-c3ccccc3)cc2)cc1. The Kier molecular flexibility index (Phi) is 5.72. The van der Waals surface area contributed by atoms with Crippen molar-refractivity contribution in [3.63, 3.8) is 0 Å². The molecule has 2 N–H and O–H groups in total. The van der Waals surface area contributed by atoms with Crippen molar-refractivity contribution in [1.29, 1.82) is 0 Å². The van der Waals surface area contributed by atoms with Gasteiger partial charge in [0, 0.05) is 5.56 Å². The molecule has 0 aliphatic carbocycles. The zero-order valence-corrected chi connectivity index (χ0v) is 15.8. The van der Waals surface area contributed by atoms with Crippen molar-refractivity contribution in [2.45, 2.75) is 25.9 Å². The van der Waals surface area contributed by atoms with Crippen LogP contribution in [0.1, 0.15) is 35.3 Å². The summed E-state index contributed by atoms with van der Waals surface area (Å²) in [6.45, 7) is 3.94. The van der Waals surface area contributed by atoms with Crippen LogP contribution in [-0.2, 0) is 12.0 Å². The van der Waals surface area contributed by atoms with Gasteiger partial charge in [-0.05, 0) is 47.7 Å². The van der Waals surface area contributed by atoms with Gasteiger partial charge >= 0.3 is 0 Å². The summed E-state index contributed by atoms with van der Waals surface area (Å²) in [5.41, 5.74) is 3.64. The Bertz CT molecular complexity index is 882. The van der Waals surface area contributed by atoms with Crippen molar-refractivity contribution in [3.8, 4) is 11.1 Å². The summed E-state index contributed by atoms with van der Waals surface area (Å²) in [5, 5.41) is 13.6. The zero-order chi connectivity index (χ0) is 19.3. The fourth-order valence-corrected chi connectivity index (χ4v) is 3.00. The highest BCUT2D eigenvalue weighted by molar-refractivity contribution is 5.94. The van der Waals surface area contributed by atoms with Crippen LogP contribution >= 0.6 is 0 Å². The third-order valence-corrected chi connectivity index (χ3v) is 4.83. The predicted molar refractivity (Wildman–Crippen MR) is 110 cm³/mol. The molecular weight excluding hydrogens is 334 g/mol. The van der Waals surface area contributed by atoms with Crippen LogP contribution in [0.5, 0.6) is 0 Å². The first-order chi connectivity index (χ1) is 13.0. The van der Waals surface area contributed by atoms with Crippen LogP contribution in [0.4, 0.5) is 0 Å². The van der Waals surface area contributed by atoms with E-state index in [4.69, 9.17) is 0 Å². The molecule has 3 rings (SSSR count). The minimum atomic E-state index is -1.14. The quantitative estimate of drug-likeness (QED) is 0.678. The maximum atomic E-state index is 12.3. The highest BCUT2D eigenvalue weighted by Gasteiger charge is 2.24.